The van der Waals surface area contributed by atoms with Crippen molar-refractivity contribution in [1.82, 2.24) is 19.3 Å². The van der Waals surface area contributed by atoms with E-state index < -0.39 is 0 Å². The van der Waals surface area contributed by atoms with Crippen molar-refractivity contribution in [3.05, 3.63) is 48.0 Å². The van der Waals surface area contributed by atoms with Crippen molar-refractivity contribution in [3.63, 3.8) is 0 Å². The predicted octanol–water partition coefficient (Wildman–Crippen LogP) is 2.13. The van der Waals surface area contributed by atoms with Gasteiger partial charge in [-0.25, -0.2) is 4.98 Å². The number of imidazole rings is 1. The molecule has 4 nitrogen and oxygen atoms in total. The quantitative estimate of drug-likeness (QED) is 0.671. The monoisotopic (exact) mass is 226 g/mol. The smallest absolute Gasteiger partial charge is 0.0962 e. The van der Waals surface area contributed by atoms with Gasteiger partial charge in [-0.1, -0.05) is 12.1 Å². The van der Waals surface area contributed by atoms with Crippen molar-refractivity contribution in [2.45, 2.75) is 13.5 Å². The Hall–Kier alpha value is -2.10. The summed E-state index contributed by atoms with van der Waals surface area (Å²) >= 11 is 0. The molecular formula is C13H14N4. The van der Waals surface area contributed by atoms with E-state index in [-0.39, 0.29) is 0 Å². The van der Waals surface area contributed by atoms with Gasteiger partial charge in [-0.3, -0.25) is 4.68 Å². The average Bonchev–Trinajstić information content (AvgIpc) is 2.85. The van der Waals surface area contributed by atoms with Gasteiger partial charge in [0.25, 0.3) is 0 Å². The van der Waals surface area contributed by atoms with Crippen molar-refractivity contribution >= 4 is 11.0 Å². The highest BCUT2D eigenvalue weighted by atomic mass is 15.3. The Bertz CT molecular complexity index is 663. The van der Waals surface area contributed by atoms with Crippen LogP contribution in [0.2, 0.25) is 0 Å². The van der Waals surface area contributed by atoms with Crippen LogP contribution in [0.5, 0.6) is 0 Å². The summed E-state index contributed by atoms with van der Waals surface area (Å²) in [5.74, 6) is 0. The van der Waals surface area contributed by atoms with Crippen LogP contribution >= 0.6 is 0 Å². The van der Waals surface area contributed by atoms with Gasteiger partial charge in [0.2, 0.25) is 0 Å². The molecule has 1 aromatic carbocycles. The third-order valence-corrected chi connectivity index (χ3v) is 2.96. The molecule has 0 aliphatic rings. The molecule has 0 unspecified atom stereocenters. The molecule has 2 aromatic heterocycles. The number of fused-ring (bicyclic) bond motifs is 1. The van der Waals surface area contributed by atoms with Crippen LogP contribution in [0.1, 0.15) is 11.4 Å². The Morgan fingerprint density at radius 3 is 2.82 bits per heavy atom. The first kappa shape index (κ1) is 10.1. The van der Waals surface area contributed by atoms with Crippen LogP contribution < -0.4 is 0 Å². The molecule has 0 saturated carbocycles. The average molecular weight is 226 g/mol. The molecular weight excluding hydrogens is 212 g/mol. The van der Waals surface area contributed by atoms with Gasteiger partial charge < -0.3 is 4.57 Å². The Morgan fingerprint density at radius 1 is 1.24 bits per heavy atom. The van der Waals surface area contributed by atoms with Gasteiger partial charge in [0.05, 0.1) is 35.3 Å². The Kier molecular flexibility index (Phi) is 2.21. The van der Waals surface area contributed by atoms with E-state index in [0.717, 1.165) is 23.3 Å². The summed E-state index contributed by atoms with van der Waals surface area (Å²) in [5.41, 5.74) is 4.43. The van der Waals surface area contributed by atoms with Gasteiger partial charge in [0.15, 0.2) is 0 Å². The number of hydrogen-bond acceptors (Lipinski definition) is 2. The van der Waals surface area contributed by atoms with Gasteiger partial charge in [0.1, 0.15) is 0 Å². The second-order valence-corrected chi connectivity index (χ2v) is 4.26. The zero-order chi connectivity index (χ0) is 11.8. The Morgan fingerprint density at radius 2 is 2.06 bits per heavy atom. The highest BCUT2D eigenvalue weighted by Gasteiger charge is 2.06. The first-order valence-electron chi connectivity index (χ1n) is 5.63. The molecule has 0 radical (unpaired) electrons. The van der Waals surface area contributed by atoms with Gasteiger partial charge in [-0.05, 0) is 25.1 Å². The second-order valence-electron chi connectivity index (χ2n) is 4.26. The maximum absolute atomic E-state index is 4.38. The summed E-state index contributed by atoms with van der Waals surface area (Å²) in [6.45, 7) is 2.81. The van der Waals surface area contributed by atoms with E-state index in [2.05, 4.69) is 26.8 Å². The number of nitrogens with zero attached hydrogens (tertiary/aromatic N) is 4. The van der Waals surface area contributed by atoms with Crippen LogP contribution in [0.4, 0.5) is 0 Å². The molecule has 0 fully saturated rings. The van der Waals surface area contributed by atoms with Crippen LogP contribution in [-0.2, 0) is 13.6 Å². The molecule has 17 heavy (non-hydrogen) atoms. The first-order chi connectivity index (χ1) is 8.24. The third kappa shape index (κ3) is 1.71. The molecule has 0 atom stereocenters. The van der Waals surface area contributed by atoms with Crippen molar-refractivity contribution in [3.8, 4) is 0 Å². The zero-order valence-corrected chi connectivity index (χ0v) is 9.96. The third-order valence-electron chi connectivity index (χ3n) is 2.96. The summed E-state index contributed by atoms with van der Waals surface area (Å²) in [5, 5.41) is 4.35. The van der Waals surface area contributed by atoms with E-state index in [9.17, 15) is 0 Å². The standard InChI is InChI=1S/C13H14N4/c1-10-7-11(16(2)15-10)8-17-9-14-12-5-3-4-6-13(12)17/h3-7,9H,8H2,1-2H3. The molecule has 4 heteroatoms. The number of benzene rings is 1. The number of aromatic nitrogens is 4. The first-order valence-corrected chi connectivity index (χ1v) is 5.63. The number of hydrogen-bond donors (Lipinski definition) is 0. The molecule has 0 aliphatic heterocycles. The molecule has 3 rings (SSSR count). The summed E-state index contributed by atoms with van der Waals surface area (Å²) in [4.78, 5) is 4.38. The molecule has 0 amide bonds. The van der Waals surface area contributed by atoms with Crippen molar-refractivity contribution < 1.29 is 0 Å². The van der Waals surface area contributed by atoms with Crippen LogP contribution in [0, 0.1) is 6.92 Å². The van der Waals surface area contributed by atoms with Crippen LogP contribution in [0.25, 0.3) is 11.0 Å². The molecule has 0 bridgehead atoms. The van der Waals surface area contributed by atoms with Crippen molar-refractivity contribution in [2.75, 3.05) is 0 Å². The lowest BCUT2D eigenvalue weighted by Crippen LogP contribution is -2.04. The lowest BCUT2D eigenvalue weighted by molar-refractivity contribution is 0.671. The second kappa shape index (κ2) is 3.73. The van der Waals surface area contributed by atoms with Crippen LogP contribution in [0.15, 0.2) is 36.7 Å². The predicted molar refractivity (Wildman–Crippen MR) is 66.8 cm³/mol. The summed E-state index contributed by atoms with van der Waals surface area (Å²) in [6, 6.07) is 10.3. The largest absolute Gasteiger partial charge is 0.325 e. The minimum atomic E-state index is 0.803. The fraction of sp³-hybridized carbons (Fsp3) is 0.231. The van der Waals surface area contributed by atoms with Gasteiger partial charge in [-0.2, -0.15) is 5.10 Å². The normalized spacial score (nSPS) is 11.2. The lowest BCUT2D eigenvalue weighted by atomic mass is 10.3. The number of aryl methyl sites for hydroxylation is 2. The van der Waals surface area contributed by atoms with E-state index in [0.29, 0.717) is 0 Å². The minimum absolute atomic E-state index is 0.803. The Balaban J connectivity index is 2.03. The number of rotatable bonds is 2. The van der Waals surface area contributed by atoms with Crippen LogP contribution in [-0.4, -0.2) is 19.3 Å². The van der Waals surface area contributed by atoms with Gasteiger partial charge in [0, 0.05) is 7.05 Å². The fourth-order valence-electron chi connectivity index (χ4n) is 2.12. The highest BCUT2D eigenvalue weighted by molar-refractivity contribution is 5.75. The maximum atomic E-state index is 4.38. The lowest BCUT2D eigenvalue weighted by Gasteiger charge is -2.04. The topological polar surface area (TPSA) is 35.6 Å². The molecule has 0 aliphatic carbocycles. The zero-order valence-electron chi connectivity index (χ0n) is 9.96. The molecule has 2 heterocycles. The van der Waals surface area contributed by atoms with E-state index in [1.54, 1.807) is 0 Å². The van der Waals surface area contributed by atoms with E-state index >= 15 is 0 Å². The van der Waals surface area contributed by atoms with Crippen LogP contribution in [0.3, 0.4) is 0 Å². The summed E-state index contributed by atoms with van der Waals surface area (Å²) in [7, 11) is 1.97. The van der Waals surface area contributed by atoms with E-state index in [1.165, 1.54) is 5.69 Å². The summed E-state index contributed by atoms with van der Waals surface area (Å²) in [6.07, 6.45) is 1.88. The van der Waals surface area contributed by atoms with E-state index in [4.69, 9.17) is 0 Å². The Labute approximate surface area is 99.5 Å². The molecule has 86 valence electrons. The SMILES string of the molecule is Cc1cc(Cn2cnc3ccccc32)n(C)n1. The molecule has 0 spiro atoms. The molecule has 3 aromatic rings. The fourth-order valence-corrected chi connectivity index (χ4v) is 2.12. The minimum Gasteiger partial charge on any atom is -0.325 e. The van der Waals surface area contributed by atoms with Gasteiger partial charge >= 0.3 is 0 Å². The van der Waals surface area contributed by atoms with Gasteiger partial charge in [-0.15, -0.1) is 0 Å². The molecule has 0 N–H and O–H groups in total. The maximum Gasteiger partial charge on any atom is 0.0962 e. The highest BCUT2D eigenvalue weighted by Crippen LogP contribution is 2.14. The molecule has 0 saturated heterocycles. The summed E-state index contributed by atoms with van der Waals surface area (Å²) < 4.78 is 4.07. The van der Waals surface area contributed by atoms with Crippen molar-refractivity contribution in [2.24, 2.45) is 7.05 Å². The van der Waals surface area contributed by atoms with Crippen molar-refractivity contribution in [1.29, 1.82) is 0 Å². The number of para-hydroxylation sites is 2. The van der Waals surface area contributed by atoms with E-state index in [1.807, 2.05) is 43.2 Å².